The number of methoxy groups -OCH3 is 2. The molecule has 100 valence electrons. The molecular formula is C15H16BrNO2. The van der Waals surface area contributed by atoms with Crippen LogP contribution in [0.1, 0.15) is 5.56 Å². The van der Waals surface area contributed by atoms with Crippen LogP contribution in [0, 0.1) is 0 Å². The molecule has 0 aromatic heterocycles. The van der Waals surface area contributed by atoms with Gasteiger partial charge in [-0.25, -0.2) is 0 Å². The van der Waals surface area contributed by atoms with E-state index in [2.05, 4.69) is 21.2 Å². The lowest BCUT2D eigenvalue weighted by Crippen LogP contribution is -2.02. The molecule has 0 bridgehead atoms. The summed E-state index contributed by atoms with van der Waals surface area (Å²) < 4.78 is 11.6. The number of benzene rings is 2. The third-order valence-electron chi connectivity index (χ3n) is 2.81. The maximum Gasteiger partial charge on any atom is 0.124 e. The number of rotatable bonds is 5. The van der Waals surface area contributed by atoms with Crippen molar-refractivity contribution in [3.8, 4) is 11.5 Å². The third-order valence-corrected chi connectivity index (χ3v) is 3.34. The van der Waals surface area contributed by atoms with Crippen LogP contribution in [0.25, 0.3) is 0 Å². The minimum absolute atomic E-state index is 0.683. The first kappa shape index (κ1) is 13.7. The summed E-state index contributed by atoms with van der Waals surface area (Å²) in [5.41, 5.74) is 2.12. The van der Waals surface area contributed by atoms with Gasteiger partial charge in [0.1, 0.15) is 11.5 Å². The Labute approximate surface area is 121 Å². The molecule has 0 saturated heterocycles. The zero-order valence-corrected chi connectivity index (χ0v) is 12.5. The van der Waals surface area contributed by atoms with E-state index in [1.807, 2.05) is 42.5 Å². The zero-order valence-electron chi connectivity index (χ0n) is 10.9. The van der Waals surface area contributed by atoms with Crippen LogP contribution in [0.2, 0.25) is 0 Å². The second kappa shape index (κ2) is 6.48. The number of halogens is 1. The van der Waals surface area contributed by atoms with Gasteiger partial charge in [0.25, 0.3) is 0 Å². The Morgan fingerprint density at radius 1 is 1.00 bits per heavy atom. The van der Waals surface area contributed by atoms with Crippen LogP contribution < -0.4 is 14.8 Å². The van der Waals surface area contributed by atoms with E-state index >= 15 is 0 Å². The number of anilines is 1. The molecule has 0 spiro atoms. The van der Waals surface area contributed by atoms with E-state index in [0.29, 0.717) is 6.54 Å². The van der Waals surface area contributed by atoms with E-state index in [0.717, 1.165) is 27.2 Å². The lowest BCUT2D eigenvalue weighted by atomic mass is 10.2. The molecule has 0 fully saturated rings. The SMILES string of the molecule is COc1ccc(OC)c(CNc2ccc(Br)cc2)c1. The zero-order chi connectivity index (χ0) is 13.7. The molecule has 0 atom stereocenters. The Bertz CT molecular complexity index is 540. The molecule has 19 heavy (non-hydrogen) atoms. The van der Waals surface area contributed by atoms with Crippen molar-refractivity contribution in [2.24, 2.45) is 0 Å². The van der Waals surface area contributed by atoms with Crippen molar-refractivity contribution in [3.63, 3.8) is 0 Å². The Balaban J connectivity index is 2.11. The summed E-state index contributed by atoms with van der Waals surface area (Å²) in [5.74, 6) is 1.68. The minimum Gasteiger partial charge on any atom is -0.497 e. The van der Waals surface area contributed by atoms with Crippen molar-refractivity contribution in [2.45, 2.75) is 6.54 Å². The molecule has 0 heterocycles. The fourth-order valence-electron chi connectivity index (χ4n) is 1.79. The van der Waals surface area contributed by atoms with E-state index in [-0.39, 0.29) is 0 Å². The Morgan fingerprint density at radius 3 is 2.37 bits per heavy atom. The summed E-state index contributed by atoms with van der Waals surface area (Å²) >= 11 is 3.42. The number of nitrogens with one attached hydrogen (secondary N) is 1. The van der Waals surface area contributed by atoms with Gasteiger partial charge in [-0.15, -0.1) is 0 Å². The average molecular weight is 322 g/mol. The van der Waals surface area contributed by atoms with Gasteiger partial charge in [-0.2, -0.15) is 0 Å². The van der Waals surface area contributed by atoms with Crippen molar-refractivity contribution in [1.82, 2.24) is 0 Å². The van der Waals surface area contributed by atoms with Gasteiger partial charge in [-0.3, -0.25) is 0 Å². The Morgan fingerprint density at radius 2 is 1.74 bits per heavy atom. The van der Waals surface area contributed by atoms with Crippen LogP contribution in [0.15, 0.2) is 46.9 Å². The van der Waals surface area contributed by atoms with Gasteiger partial charge in [0.15, 0.2) is 0 Å². The van der Waals surface area contributed by atoms with E-state index in [9.17, 15) is 0 Å². The van der Waals surface area contributed by atoms with Crippen LogP contribution in [-0.2, 0) is 6.54 Å². The standard InChI is InChI=1S/C15H16BrNO2/c1-18-14-7-8-15(19-2)11(9-14)10-17-13-5-3-12(16)4-6-13/h3-9,17H,10H2,1-2H3. The molecule has 0 radical (unpaired) electrons. The molecule has 0 aliphatic heterocycles. The topological polar surface area (TPSA) is 30.5 Å². The predicted octanol–water partition coefficient (Wildman–Crippen LogP) is 4.08. The van der Waals surface area contributed by atoms with E-state index < -0.39 is 0 Å². The van der Waals surface area contributed by atoms with E-state index in [1.165, 1.54) is 0 Å². The fraction of sp³-hybridized carbons (Fsp3) is 0.200. The first-order valence-electron chi connectivity index (χ1n) is 5.93. The summed E-state index contributed by atoms with van der Waals surface area (Å²) in [4.78, 5) is 0. The molecule has 4 heteroatoms. The molecule has 0 aliphatic rings. The van der Waals surface area contributed by atoms with Gasteiger partial charge in [0, 0.05) is 22.3 Å². The molecule has 0 amide bonds. The lowest BCUT2D eigenvalue weighted by Gasteiger charge is -2.12. The molecule has 1 N–H and O–H groups in total. The molecule has 0 unspecified atom stereocenters. The summed E-state index contributed by atoms with van der Waals surface area (Å²) in [6.45, 7) is 0.683. The van der Waals surface area contributed by atoms with Crippen LogP contribution >= 0.6 is 15.9 Å². The van der Waals surface area contributed by atoms with Crippen LogP contribution in [-0.4, -0.2) is 14.2 Å². The summed E-state index contributed by atoms with van der Waals surface area (Å²) in [5, 5.41) is 3.36. The quantitative estimate of drug-likeness (QED) is 0.900. The molecule has 2 aromatic carbocycles. The molecule has 2 aromatic rings. The number of hydrogen-bond acceptors (Lipinski definition) is 3. The van der Waals surface area contributed by atoms with Gasteiger partial charge in [0.05, 0.1) is 14.2 Å². The first-order chi connectivity index (χ1) is 9.22. The van der Waals surface area contributed by atoms with Gasteiger partial charge in [0.2, 0.25) is 0 Å². The maximum absolute atomic E-state index is 5.35. The Kier molecular flexibility index (Phi) is 4.68. The molecule has 0 saturated carbocycles. The maximum atomic E-state index is 5.35. The molecular weight excluding hydrogens is 306 g/mol. The summed E-state index contributed by atoms with van der Waals surface area (Å²) in [6.07, 6.45) is 0. The van der Waals surface area contributed by atoms with Gasteiger partial charge < -0.3 is 14.8 Å². The number of hydrogen-bond donors (Lipinski definition) is 1. The van der Waals surface area contributed by atoms with Crippen LogP contribution in [0.5, 0.6) is 11.5 Å². The number of ether oxygens (including phenoxy) is 2. The molecule has 3 nitrogen and oxygen atoms in total. The largest absolute Gasteiger partial charge is 0.497 e. The second-order valence-electron chi connectivity index (χ2n) is 4.04. The van der Waals surface area contributed by atoms with Crippen LogP contribution in [0.4, 0.5) is 5.69 Å². The second-order valence-corrected chi connectivity index (χ2v) is 4.95. The fourth-order valence-corrected chi connectivity index (χ4v) is 2.05. The highest BCUT2D eigenvalue weighted by atomic mass is 79.9. The predicted molar refractivity (Wildman–Crippen MR) is 81.0 cm³/mol. The minimum atomic E-state index is 0.683. The average Bonchev–Trinajstić information content (AvgIpc) is 2.46. The first-order valence-corrected chi connectivity index (χ1v) is 6.72. The highest BCUT2D eigenvalue weighted by Gasteiger charge is 2.04. The molecule has 2 rings (SSSR count). The van der Waals surface area contributed by atoms with E-state index in [1.54, 1.807) is 14.2 Å². The third kappa shape index (κ3) is 3.64. The van der Waals surface area contributed by atoms with Gasteiger partial charge >= 0.3 is 0 Å². The van der Waals surface area contributed by atoms with Crippen molar-refractivity contribution in [3.05, 3.63) is 52.5 Å². The summed E-state index contributed by atoms with van der Waals surface area (Å²) in [6, 6.07) is 13.8. The van der Waals surface area contributed by atoms with Crippen molar-refractivity contribution in [1.29, 1.82) is 0 Å². The summed E-state index contributed by atoms with van der Waals surface area (Å²) in [7, 11) is 3.33. The van der Waals surface area contributed by atoms with Crippen molar-refractivity contribution < 1.29 is 9.47 Å². The van der Waals surface area contributed by atoms with Crippen molar-refractivity contribution >= 4 is 21.6 Å². The monoisotopic (exact) mass is 321 g/mol. The normalized spacial score (nSPS) is 10.1. The van der Waals surface area contributed by atoms with Gasteiger partial charge in [-0.1, -0.05) is 15.9 Å². The lowest BCUT2D eigenvalue weighted by molar-refractivity contribution is 0.399. The molecule has 0 aliphatic carbocycles. The Hall–Kier alpha value is -1.68. The highest BCUT2D eigenvalue weighted by molar-refractivity contribution is 9.10. The highest BCUT2D eigenvalue weighted by Crippen LogP contribution is 2.25. The van der Waals surface area contributed by atoms with E-state index in [4.69, 9.17) is 9.47 Å². The smallest absolute Gasteiger partial charge is 0.124 e. The van der Waals surface area contributed by atoms with Gasteiger partial charge in [-0.05, 0) is 42.5 Å². The van der Waals surface area contributed by atoms with Crippen LogP contribution in [0.3, 0.4) is 0 Å². The van der Waals surface area contributed by atoms with Crippen molar-refractivity contribution in [2.75, 3.05) is 19.5 Å².